The molecule has 2 heterocycles. The Morgan fingerprint density at radius 1 is 1.15 bits per heavy atom. The van der Waals surface area contributed by atoms with Crippen LogP contribution in [0.1, 0.15) is 65.9 Å². The lowest BCUT2D eigenvalue weighted by Crippen LogP contribution is -2.30. The molecule has 0 aliphatic heterocycles. The molecule has 0 aliphatic carbocycles. The molecule has 34 heavy (non-hydrogen) atoms. The lowest BCUT2D eigenvalue weighted by Gasteiger charge is -2.18. The Hall–Kier alpha value is -2.72. The van der Waals surface area contributed by atoms with Crippen molar-refractivity contribution in [3.05, 3.63) is 35.8 Å². The summed E-state index contributed by atoms with van der Waals surface area (Å²) in [5, 5.41) is 9.99. The molecule has 3 rings (SSSR count). The van der Waals surface area contributed by atoms with Gasteiger partial charge in [0, 0.05) is 49.7 Å². The van der Waals surface area contributed by atoms with Crippen LogP contribution in [0.3, 0.4) is 0 Å². The number of hydrogen-bond donors (Lipinski definition) is 2. The van der Waals surface area contributed by atoms with Gasteiger partial charge in [-0.05, 0) is 24.6 Å². The SMILES string of the molecule is CCCn1c(CCC(=O)Nc2cc(C(C)(C)C)[nH]n2)nc2cc(S(=O)(=O)N(CC)CC)ccc21. The van der Waals surface area contributed by atoms with Crippen molar-refractivity contribution in [2.24, 2.45) is 0 Å². The van der Waals surface area contributed by atoms with Gasteiger partial charge in [0.25, 0.3) is 0 Å². The van der Waals surface area contributed by atoms with Crippen LogP contribution in [0.2, 0.25) is 0 Å². The molecule has 0 aliphatic rings. The lowest BCUT2D eigenvalue weighted by molar-refractivity contribution is -0.116. The van der Waals surface area contributed by atoms with Crippen LogP contribution < -0.4 is 5.32 Å². The molecule has 2 aromatic heterocycles. The molecule has 9 nitrogen and oxygen atoms in total. The van der Waals surface area contributed by atoms with Gasteiger partial charge in [-0.3, -0.25) is 9.89 Å². The molecule has 0 atom stereocenters. The first kappa shape index (κ1) is 25.9. The number of imidazole rings is 1. The topological polar surface area (TPSA) is 113 Å². The fourth-order valence-electron chi connectivity index (χ4n) is 3.90. The van der Waals surface area contributed by atoms with E-state index < -0.39 is 10.0 Å². The largest absolute Gasteiger partial charge is 0.328 e. The number of H-pyrrole nitrogens is 1. The van der Waals surface area contributed by atoms with Crippen LogP contribution in [0.5, 0.6) is 0 Å². The monoisotopic (exact) mass is 488 g/mol. The van der Waals surface area contributed by atoms with Crippen molar-refractivity contribution in [1.29, 1.82) is 0 Å². The summed E-state index contributed by atoms with van der Waals surface area (Å²) in [7, 11) is -3.57. The number of fused-ring (bicyclic) bond motifs is 1. The molecule has 3 aromatic rings. The number of anilines is 1. The zero-order valence-electron chi connectivity index (χ0n) is 21.0. The standard InChI is InChI=1S/C24H36N6O3S/c1-7-14-30-19-11-10-17(34(32,33)29(8-2)9-3)15-18(19)25-22(30)12-13-23(31)26-21-16-20(27-28-21)24(4,5)6/h10-11,15-16H,7-9,12-14H2,1-6H3,(H2,26,27,28,31). The van der Waals surface area contributed by atoms with E-state index in [1.54, 1.807) is 12.1 Å². The summed E-state index contributed by atoms with van der Waals surface area (Å²) in [5.41, 5.74) is 2.36. The van der Waals surface area contributed by atoms with Crippen molar-refractivity contribution in [3.63, 3.8) is 0 Å². The Morgan fingerprint density at radius 2 is 1.85 bits per heavy atom. The van der Waals surface area contributed by atoms with E-state index in [9.17, 15) is 13.2 Å². The molecular weight excluding hydrogens is 452 g/mol. The minimum atomic E-state index is -3.57. The number of aromatic amines is 1. The van der Waals surface area contributed by atoms with Gasteiger partial charge in [0.15, 0.2) is 5.82 Å². The summed E-state index contributed by atoms with van der Waals surface area (Å²) in [5.74, 6) is 1.12. The molecule has 10 heteroatoms. The van der Waals surface area contributed by atoms with Gasteiger partial charge in [0.1, 0.15) is 5.82 Å². The second-order valence-corrected chi connectivity index (χ2v) is 11.3. The molecule has 2 N–H and O–H groups in total. The number of benzene rings is 1. The molecule has 186 valence electrons. The summed E-state index contributed by atoms with van der Waals surface area (Å²) in [6.07, 6.45) is 1.58. The Bertz CT molecular complexity index is 1250. The smallest absolute Gasteiger partial charge is 0.243 e. The molecule has 0 radical (unpaired) electrons. The number of aromatic nitrogens is 4. The maximum absolute atomic E-state index is 12.9. The number of carbonyl (C=O) groups is 1. The van der Waals surface area contributed by atoms with Gasteiger partial charge in [-0.1, -0.05) is 41.5 Å². The van der Waals surface area contributed by atoms with E-state index in [0.29, 0.717) is 30.8 Å². The minimum absolute atomic E-state index is 0.0847. The van der Waals surface area contributed by atoms with Gasteiger partial charge in [0.2, 0.25) is 15.9 Å². The number of nitrogens with one attached hydrogen (secondary N) is 2. The summed E-state index contributed by atoms with van der Waals surface area (Å²) < 4.78 is 29.4. The average molecular weight is 489 g/mol. The van der Waals surface area contributed by atoms with E-state index in [1.807, 2.05) is 26.0 Å². The normalized spacial score (nSPS) is 12.6. The van der Waals surface area contributed by atoms with Crippen molar-refractivity contribution in [2.45, 2.75) is 77.7 Å². The van der Waals surface area contributed by atoms with Crippen LogP contribution >= 0.6 is 0 Å². The van der Waals surface area contributed by atoms with Gasteiger partial charge >= 0.3 is 0 Å². The fourth-order valence-corrected chi connectivity index (χ4v) is 5.38. The Kier molecular flexibility index (Phi) is 7.82. The quantitative estimate of drug-likeness (QED) is 0.447. The third kappa shape index (κ3) is 5.50. The summed E-state index contributed by atoms with van der Waals surface area (Å²) >= 11 is 0. The van der Waals surface area contributed by atoms with Crippen LogP contribution in [0.15, 0.2) is 29.2 Å². The van der Waals surface area contributed by atoms with Crippen LogP contribution in [0.25, 0.3) is 11.0 Å². The van der Waals surface area contributed by atoms with E-state index in [1.165, 1.54) is 4.31 Å². The Labute approximate surface area is 202 Å². The third-order valence-electron chi connectivity index (χ3n) is 5.82. The first-order chi connectivity index (χ1) is 16.0. The predicted molar refractivity (Wildman–Crippen MR) is 134 cm³/mol. The van der Waals surface area contributed by atoms with Crippen LogP contribution in [-0.2, 0) is 33.2 Å². The van der Waals surface area contributed by atoms with E-state index >= 15 is 0 Å². The number of hydrogen-bond acceptors (Lipinski definition) is 5. The summed E-state index contributed by atoms with van der Waals surface area (Å²) in [4.78, 5) is 17.5. The summed E-state index contributed by atoms with van der Waals surface area (Å²) in [6.45, 7) is 13.5. The van der Waals surface area contributed by atoms with Crippen LogP contribution in [0, 0.1) is 0 Å². The van der Waals surface area contributed by atoms with Gasteiger partial charge < -0.3 is 9.88 Å². The first-order valence-corrected chi connectivity index (χ1v) is 13.3. The van der Waals surface area contributed by atoms with E-state index in [2.05, 4.69) is 47.8 Å². The number of carbonyl (C=O) groups excluding carboxylic acids is 1. The van der Waals surface area contributed by atoms with Gasteiger partial charge in [-0.25, -0.2) is 13.4 Å². The molecule has 1 amide bonds. The van der Waals surface area contributed by atoms with E-state index in [-0.39, 0.29) is 22.6 Å². The number of sulfonamides is 1. The van der Waals surface area contributed by atoms with E-state index in [4.69, 9.17) is 4.98 Å². The van der Waals surface area contributed by atoms with E-state index in [0.717, 1.165) is 30.0 Å². The molecule has 0 bridgehead atoms. The van der Waals surface area contributed by atoms with Crippen molar-refractivity contribution in [2.75, 3.05) is 18.4 Å². The molecular formula is C24H36N6O3S. The molecule has 1 aromatic carbocycles. The second kappa shape index (κ2) is 10.3. The van der Waals surface area contributed by atoms with Crippen LogP contribution in [-0.4, -0.2) is 51.5 Å². The Morgan fingerprint density at radius 3 is 2.44 bits per heavy atom. The molecule has 0 unspecified atom stereocenters. The average Bonchev–Trinajstić information content (AvgIpc) is 3.37. The maximum atomic E-state index is 12.9. The van der Waals surface area contributed by atoms with Gasteiger partial charge in [-0.15, -0.1) is 0 Å². The zero-order valence-corrected chi connectivity index (χ0v) is 21.8. The Balaban J connectivity index is 1.80. The number of rotatable bonds is 10. The van der Waals surface area contributed by atoms with Crippen molar-refractivity contribution in [1.82, 2.24) is 24.1 Å². The first-order valence-electron chi connectivity index (χ1n) is 11.9. The molecule has 0 fully saturated rings. The third-order valence-corrected chi connectivity index (χ3v) is 7.86. The highest BCUT2D eigenvalue weighted by molar-refractivity contribution is 7.89. The highest BCUT2D eigenvalue weighted by Gasteiger charge is 2.23. The highest BCUT2D eigenvalue weighted by Crippen LogP contribution is 2.25. The minimum Gasteiger partial charge on any atom is -0.328 e. The van der Waals surface area contributed by atoms with Crippen molar-refractivity contribution < 1.29 is 13.2 Å². The maximum Gasteiger partial charge on any atom is 0.243 e. The van der Waals surface area contributed by atoms with Crippen LogP contribution in [0.4, 0.5) is 5.82 Å². The predicted octanol–water partition coefficient (Wildman–Crippen LogP) is 4.07. The van der Waals surface area contributed by atoms with Crippen molar-refractivity contribution >= 4 is 32.8 Å². The lowest BCUT2D eigenvalue weighted by atomic mass is 9.92. The number of aryl methyl sites for hydroxylation is 2. The highest BCUT2D eigenvalue weighted by atomic mass is 32.2. The number of amides is 1. The van der Waals surface area contributed by atoms with Crippen molar-refractivity contribution in [3.8, 4) is 0 Å². The molecule has 0 saturated heterocycles. The molecule has 0 saturated carbocycles. The second-order valence-electron chi connectivity index (χ2n) is 9.38. The fraction of sp³-hybridized carbons (Fsp3) is 0.542. The van der Waals surface area contributed by atoms with Gasteiger partial charge in [0.05, 0.1) is 15.9 Å². The zero-order chi connectivity index (χ0) is 25.1. The van der Waals surface area contributed by atoms with Gasteiger partial charge in [-0.2, -0.15) is 9.40 Å². The summed E-state index contributed by atoms with van der Waals surface area (Å²) in [6, 6.07) is 6.94. The molecule has 0 spiro atoms. The number of nitrogens with zero attached hydrogens (tertiary/aromatic N) is 4.